The third kappa shape index (κ3) is 3.61. The van der Waals surface area contributed by atoms with Gasteiger partial charge in [-0.25, -0.2) is 0 Å². The summed E-state index contributed by atoms with van der Waals surface area (Å²) < 4.78 is 43.9. The molecule has 1 rings (SSSR count). The lowest BCUT2D eigenvalue weighted by molar-refractivity contribution is -0.275. The van der Waals surface area contributed by atoms with Crippen molar-refractivity contribution in [3.63, 3.8) is 0 Å². The van der Waals surface area contributed by atoms with E-state index in [4.69, 9.17) is 6.42 Å². The molecule has 0 fully saturated rings. The Morgan fingerprint density at radius 3 is 2.47 bits per heavy atom. The number of terminal acetylenes is 1. The zero-order chi connectivity index (χ0) is 13.1. The number of ether oxygens (including phenoxy) is 2. The minimum absolute atomic E-state index is 0.384. The zero-order valence-corrected chi connectivity index (χ0v) is 8.08. The number of hydrogen-bond donors (Lipinski definition) is 0. The molecule has 4 nitrogen and oxygen atoms in total. The summed E-state index contributed by atoms with van der Waals surface area (Å²) in [6.45, 7) is 0. The number of carbonyl (C=O) groups excluding carboxylic acids is 1. The van der Waals surface area contributed by atoms with Crippen molar-refractivity contribution < 1.29 is 32.5 Å². The summed E-state index contributed by atoms with van der Waals surface area (Å²) >= 11 is 0. The second-order valence-electron chi connectivity index (χ2n) is 2.72. The Balaban J connectivity index is 3.13. The topological polar surface area (TPSA) is 58.6 Å². The van der Waals surface area contributed by atoms with Gasteiger partial charge in [0.1, 0.15) is 6.11 Å². The fraction of sp³-hybridized carbons (Fsp3) is 0.100. The maximum absolute atomic E-state index is 12.0. The van der Waals surface area contributed by atoms with Crippen molar-refractivity contribution >= 4 is 5.97 Å². The molecule has 0 aliphatic heterocycles. The van der Waals surface area contributed by atoms with Crippen LogP contribution in [-0.4, -0.2) is 12.3 Å². The van der Waals surface area contributed by atoms with E-state index in [0.29, 0.717) is 0 Å². The third-order valence-electron chi connectivity index (χ3n) is 1.57. The van der Waals surface area contributed by atoms with E-state index in [1.807, 2.05) is 0 Å². The molecule has 0 atom stereocenters. The number of aromatic carboxylic acids is 1. The van der Waals surface area contributed by atoms with E-state index < -0.39 is 23.8 Å². The lowest BCUT2D eigenvalue weighted by Crippen LogP contribution is -2.22. The van der Waals surface area contributed by atoms with Gasteiger partial charge in [0, 0.05) is 5.56 Å². The summed E-state index contributed by atoms with van der Waals surface area (Å²) in [7, 11) is 0. The van der Waals surface area contributed by atoms with Crippen molar-refractivity contribution in [3.05, 3.63) is 23.8 Å². The Kier molecular flexibility index (Phi) is 3.48. The van der Waals surface area contributed by atoms with Crippen LogP contribution < -0.4 is 14.6 Å². The molecule has 0 aliphatic carbocycles. The largest absolute Gasteiger partial charge is 0.573 e. The first-order valence-corrected chi connectivity index (χ1v) is 4.07. The minimum Gasteiger partial charge on any atom is -0.545 e. The van der Waals surface area contributed by atoms with E-state index in [1.54, 1.807) is 6.11 Å². The Labute approximate surface area is 93.6 Å². The molecule has 1 aromatic rings. The monoisotopic (exact) mass is 245 g/mol. The second kappa shape index (κ2) is 4.65. The molecular formula is C10H4F3O4-. The summed E-state index contributed by atoms with van der Waals surface area (Å²) in [6, 6.07) is 2.42. The van der Waals surface area contributed by atoms with Crippen molar-refractivity contribution in [1.29, 1.82) is 0 Å². The molecule has 1 aromatic carbocycles. The van der Waals surface area contributed by atoms with Gasteiger partial charge in [-0.2, -0.15) is 0 Å². The molecule has 0 unspecified atom stereocenters. The van der Waals surface area contributed by atoms with Gasteiger partial charge in [0.15, 0.2) is 11.5 Å². The number of carboxylic acid groups (broad SMARTS) is 1. The van der Waals surface area contributed by atoms with E-state index in [-0.39, 0.29) is 5.56 Å². The van der Waals surface area contributed by atoms with Gasteiger partial charge in [0.2, 0.25) is 0 Å². The summed E-state index contributed by atoms with van der Waals surface area (Å²) in [5.41, 5.74) is -0.384. The smallest absolute Gasteiger partial charge is 0.545 e. The molecule has 90 valence electrons. The molecule has 0 aliphatic rings. The average Bonchev–Trinajstić information content (AvgIpc) is 2.18. The number of alkyl halides is 3. The van der Waals surface area contributed by atoms with Crippen LogP contribution in [0, 0.1) is 12.5 Å². The molecule has 7 heteroatoms. The van der Waals surface area contributed by atoms with Crippen LogP contribution in [0.25, 0.3) is 0 Å². The van der Waals surface area contributed by atoms with Crippen molar-refractivity contribution in [1.82, 2.24) is 0 Å². The van der Waals surface area contributed by atoms with Crippen LogP contribution in [-0.2, 0) is 0 Å². The van der Waals surface area contributed by atoms with Gasteiger partial charge >= 0.3 is 6.36 Å². The van der Waals surface area contributed by atoms with Gasteiger partial charge < -0.3 is 19.4 Å². The number of hydrogen-bond acceptors (Lipinski definition) is 4. The van der Waals surface area contributed by atoms with Gasteiger partial charge in [-0.3, -0.25) is 0 Å². The summed E-state index contributed by atoms with van der Waals surface area (Å²) in [5.74, 6) is -2.85. The quantitative estimate of drug-likeness (QED) is 0.743. The standard InChI is InChI=1S/C10H5F3O4/c1-2-16-8-5-6(9(14)15)3-4-7(8)17-10(11,12)13/h1,3-5H,(H,14,15)/p-1. The molecule has 0 saturated heterocycles. The van der Waals surface area contributed by atoms with Crippen LogP contribution in [0.3, 0.4) is 0 Å². The summed E-state index contributed by atoms with van der Waals surface area (Å²) in [4.78, 5) is 10.5. The molecule has 0 saturated carbocycles. The molecule has 0 heterocycles. The highest BCUT2D eigenvalue weighted by molar-refractivity contribution is 5.86. The van der Waals surface area contributed by atoms with E-state index in [1.165, 1.54) is 0 Å². The molecule has 0 bridgehead atoms. The molecule has 0 N–H and O–H groups in total. The first-order valence-electron chi connectivity index (χ1n) is 4.07. The van der Waals surface area contributed by atoms with Crippen LogP contribution in [0.1, 0.15) is 10.4 Å². The van der Waals surface area contributed by atoms with E-state index in [0.717, 1.165) is 18.2 Å². The highest BCUT2D eigenvalue weighted by Crippen LogP contribution is 2.32. The lowest BCUT2D eigenvalue weighted by Gasteiger charge is -2.12. The lowest BCUT2D eigenvalue weighted by atomic mass is 10.2. The fourth-order valence-corrected chi connectivity index (χ4v) is 0.987. The minimum atomic E-state index is -4.93. The predicted octanol–water partition coefficient (Wildman–Crippen LogP) is 0.918. The van der Waals surface area contributed by atoms with Crippen LogP contribution in [0.15, 0.2) is 18.2 Å². The van der Waals surface area contributed by atoms with Crippen molar-refractivity contribution in [2.75, 3.05) is 0 Å². The number of rotatable bonds is 3. The molecule has 0 amide bonds. The fourth-order valence-electron chi connectivity index (χ4n) is 0.987. The molecule has 0 spiro atoms. The summed E-state index contributed by atoms with van der Waals surface area (Å²) in [6.07, 6.45) is 1.43. The van der Waals surface area contributed by atoms with Gasteiger partial charge in [-0.15, -0.1) is 13.2 Å². The molecule has 17 heavy (non-hydrogen) atoms. The maximum Gasteiger partial charge on any atom is 0.573 e. The second-order valence-corrected chi connectivity index (χ2v) is 2.72. The van der Waals surface area contributed by atoms with Gasteiger partial charge in [-0.05, 0) is 18.2 Å². The number of carboxylic acids is 1. The third-order valence-corrected chi connectivity index (χ3v) is 1.57. The maximum atomic E-state index is 12.0. The first-order chi connectivity index (χ1) is 7.83. The Morgan fingerprint density at radius 2 is 2.00 bits per heavy atom. The Morgan fingerprint density at radius 1 is 1.35 bits per heavy atom. The van der Waals surface area contributed by atoms with Gasteiger partial charge in [0.25, 0.3) is 0 Å². The van der Waals surface area contributed by atoms with Crippen molar-refractivity contribution in [2.24, 2.45) is 0 Å². The number of carbonyl (C=O) groups is 1. The van der Waals surface area contributed by atoms with E-state index >= 15 is 0 Å². The van der Waals surface area contributed by atoms with Crippen molar-refractivity contribution in [3.8, 4) is 24.0 Å². The van der Waals surface area contributed by atoms with E-state index in [9.17, 15) is 23.1 Å². The van der Waals surface area contributed by atoms with Crippen LogP contribution in [0.4, 0.5) is 13.2 Å². The molecule has 0 aromatic heterocycles. The normalized spacial score (nSPS) is 10.5. The average molecular weight is 245 g/mol. The van der Waals surface area contributed by atoms with Crippen LogP contribution in [0.2, 0.25) is 0 Å². The highest BCUT2D eigenvalue weighted by atomic mass is 19.4. The highest BCUT2D eigenvalue weighted by Gasteiger charge is 2.32. The molecular weight excluding hydrogens is 241 g/mol. The Hall–Kier alpha value is -2.36. The van der Waals surface area contributed by atoms with Crippen LogP contribution in [0.5, 0.6) is 11.5 Å². The Bertz CT molecular complexity index is 473. The van der Waals surface area contributed by atoms with Gasteiger partial charge in [-0.1, -0.05) is 6.42 Å². The van der Waals surface area contributed by atoms with Crippen LogP contribution >= 0.6 is 0 Å². The number of halogens is 3. The number of benzene rings is 1. The summed E-state index contributed by atoms with van der Waals surface area (Å²) in [5, 5.41) is 10.5. The first kappa shape index (κ1) is 12.7. The predicted molar refractivity (Wildman–Crippen MR) is 46.9 cm³/mol. The SMILES string of the molecule is C#COc1cc(C(=O)[O-])ccc1OC(F)(F)F. The molecule has 0 radical (unpaired) electrons. The van der Waals surface area contributed by atoms with Gasteiger partial charge in [0.05, 0.1) is 5.97 Å². The van der Waals surface area contributed by atoms with Crippen molar-refractivity contribution in [2.45, 2.75) is 6.36 Å². The zero-order valence-electron chi connectivity index (χ0n) is 8.08. The van der Waals surface area contributed by atoms with E-state index in [2.05, 4.69) is 9.47 Å².